The number of nitrogens with two attached hydrogens (primary N) is 1. The minimum Gasteiger partial charge on any atom is -0.497 e. The summed E-state index contributed by atoms with van der Waals surface area (Å²) in [5.74, 6) is 2.44. The smallest absolute Gasteiger partial charge is 0.335 e. The molecule has 1 aliphatic rings. The van der Waals surface area contributed by atoms with Crippen LogP contribution in [0.5, 0.6) is 17.2 Å². The molecule has 0 unspecified atom stereocenters. The van der Waals surface area contributed by atoms with Crippen LogP contribution in [-0.4, -0.2) is 39.3 Å². The maximum Gasteiger partial charge on any atom is 0.335 e. The van der Waals surface area contributed by atoms with E-state index in [1.54, 1.807) is 16.2 Å². The number of benzene rings is 2. The standard InChI is InChI=1S/C24H26N6O3/c1-15-13-17(3-8-20(15)33-19-6-4-18(32-2)5-7-19)29-21-22(25)27-14-28-23(21)30(24(29)31)16-9-11-26-12-10-16/h3-8,13-14,16,26H,9-12H2,1-2H3,(H2,25,27,28). The zero-order valence-electron chi connectivity index (χ0n) is 18.6. The third-order valence-corrected chi connectivity index (χ3v) is 6.06. The zero-order chi connectivity index (χ0) is 22.9. The van der Waals surface area contributed by atoms with Crippen LogP contribution in [0.2, 0.25) is 0 Å². The van der Waals surface area contributed by atoms with Crippen molar-refractivity contribution in [2.45, 2.75) is 25.8 Å². The number of piperidine rings is 1. The molecule has 0 atom stereocenters. The molecule has 0 bridgehead atoms. The van der Waals surface area contributed by atoms with Crippen molar-refractivity contribution in [3.63, 3.8) is 0 Å². The van der Waals surface area contributed by atoms with Gasteiger partial charge >= 0.3 is 5.69 Å². The second-order valence-corrected chi connectivity index (χ2v) is 8.13. The Labute approximate surface area is 190 Å². The number of fused-ring (bicyclic) bond motifs is 1. The summed E-state index contributed by atoms with van der Waals surface area (Å²) in [6, 6.07) is 13.1. The number of hydrogen-bond donors (Lipinski definition) is 2. The number of methoxy groups -OCH3 is 1. The van der Waals surface area contributed by atoms with Crippen molar-refractivity contribution in [3.05, 3.63) is 64.8 Å². The fraction of sp³-hybridized carbons (Fsp3) is 0.292. The number of ether oxygens (including phenoxy) is 2. The summed E-state index contributed by atoms with van der Waals surface area (Å²) in [5, 5.41) is 3.34. The molecule has 2 aromatic heterocycles. The molecule has 4 aromatic rings. The second-order valence-electron chi connectivity index (χ2n) is 8.13. The Kier molecular flexibility index (Phi) is 5.47. The van der Waals surface area contributed by atoms with Crippen LogP contribution in [0.25, 0.3) is 16.9 Å². The van der Waals surface area contributed by atoms with Gasteiger partial charge in [0.15, 0.2) is 11.5 Å². The summed E-state index contributed by atoms with van der Waals surface area (Å²) in [6.07, 6.45) is 3.13. The van der Waals surface area contributed by atoms with Gasteiger partial charge in [0.2, 0.25) is 0 Å². The van der Waals surface area contributed by atoms with Crippen molar-refractivity contribution < 1.29 is 9.47 Å². The van der Waals surface area contributed by atoms with Gasteiger partial charge in [-0.1, -0.05) is 0 Å². The molecule has 5 rings (SSSR count). The van der Waals surface area contributed by atoms with Crippen molar-refractivity contribution >= 4 is 17.0 Å². The molecular weight excluding hydrogens is 420 g/mol. The van der Waals surface area contributed by atoms with Gasteiger partial charge in [-0.05, 0) is 80.9 Å². The first-order chi connectivity index (χ1) is 16.1. The largest absolute Gasteiger partial charge is 0.497 e. The molecule has 3 heterocycles. The molecule has 2 aromatic carbocycles. The fourth-order valence-corrected chi connectivity index (χ4v) is 4.36. The first kappa shape index (κ1) is 21.0. The molecule has 9 heteroatoms. The van der Waals surface area contributed by atoms with E-state index >= 15 is 0 Å². The normalized spacial score (nSPS) is 14.5. The lowest BCUT2D eigenvalue weighted by Gasteiger charge is -2.23. The van der Waals surface area contributed by atoms with Crippen LogP contribution in [0.4, 0.5) is 5.82 Å². The Morgan fingerprint density at radius 2 is 1.79 bits per heavy atom. The van der Waals surface area contributed by atoms with Crippen LogP contribution in [-0.2, 0) is 0 Å². The molecule has 0 saturated carbocycles. The molecule has 1 fully saturated rings. The van der Waals surface area contributed by atoms with E-state index in [1.165, 1.54) is 6.33 Å². The van der Waals surface area contributed by atoms with Crippen molar-refractivity contribution in [2.75, 3.05) is 25.9 Å². The number of rotatable bonds is 5. The van der Waals surface area contributed by atoms with Crippen molar-refractivity contribution in [3.8, 4) is 22.9 Å². The predicted octanol–water partition coefficient (Wildman–Crippen LogP) is 3.20. The molecule has 1 aliphatic heterocycles. The third kappa shape index (κ3) is 3.80. The van der Waals surface area contributed by atoms with Gasteiger partial charge in [-0.15, -0.1) is 0 Å². The summed E-state index contributed by atoms with van der Waals surface area (Å²) in [6.45, 7) is 3.67. The van der Waals surface area contributed by atoms with E-state index in [0.717, 1.165) is 37.2 Å². The summed E-state index contributed by atoms with van der Waals surface area (Å²) >= 11 is 0. The second kappa shape index (κ2) is 8.59. The van der Waals surface area contributed by atoms with Gasteiger partial charge in [-0.2, -0.15) is 0 Å². The van der Waals surface area contributed by atoms with E-state index in [9.17, 15) is 4.79 Å². The lowest BCUT2D eigenvalue weighted by atomic mass is 10.1. The van der Waals surface area contributed by atoms with E-state index in [2.05, 4.69) is 15.3 Å². The van der Waals surface area contributed by atoms with Crippen LogP contribution < -0.4 is 26.2 Å². The monoisotopic (exact) mass is 446 g/mol. The highest BCUT2D eigenvalue weighted by atomic mass is 16.5. The Morgan fingerprint density at radius 1 is 1.06 bits per heavy atom. The highest BCUT2D eigenvalue weighted by Crippen LogP contribution is 2.30. The first-order valence-electron chi connectivity index (χ1n) is 10.9. The average Bonchev–Trinajstić information content (AvgIpc) is 3.14. The number of imidazole rings is 1. The third-order valence-electron chi connectivity index (χ3n) is 6.06. The maximum atomic E-state index is 13.6. The molecule has 9 nitrogen and oxygen atoms in total. The topological polar surface area (TPSA) is 109 Å². The van der Waals surface area contributed by atoms with Crippen LogP contribution >= 0.6 is 0 Å². The molecule has 0 radical (unpaired) electrons. The molecule has 1 saturated heterocycles. The molecular formula is C24H26N6O3. The van der Waals surface area contributed by atoms with Crippen LogP contribution in [0.1, 0.15) is 24.4 Å². The number of aromatic nitrogens is 4. The number of hydrogen-bond acceptors (Lipinski definition) is 7. The summed E-state index contributed by atoms with van der Waals surface area (Å²) in [7, 11) is 1.63. The van der Waals surface area contributed by atoms with Crippen molar-refractivity contribution in [1.29, 1.82) is 0 Å². The summed E-state index contributed by atoms with van der Waals surface area (Å²) in [5.41, 5.74) is 8.74. The van der Waals surface area contributed by atoms with Gasteiger partial charge in [0.25, 0.3) is 0 Å². The molecule has 33 heavy (non-hydrogen) atoms. The highest BCUT2D eigenvalue weighted by molar-refractivity contribution is 5.84. The SMILES string of the molecule is COc1ccc(Oc2ccc(-n3c(=O)n(C4CCNCC4)c4ncnc(N)c43)cc2C)cc1. The van der Waals surface area contributed by atoms with Gasteiger partial charge in [-0.3, -0.25) is 9.13 Å². The highest BCUT2D eigenvalue weighted by Gasteiger charge is 2.25. The van der Waals surface area contributed by atoms with Gasteiger partial charge in [0.05, 0.1) is 12.8 Å². The lowest BCUT2D eigenvalue weighted by Crippen LogP contribution is -2.34. The van der Waals surface area contributed by atoms with Crippen LogP contribution in [0, 0.1) is 6.92 Å². The van der Waals surface area contributed by atoms with Gasteiger partial charge in [-0.25, -0.2) is 14.8 Å². The van der Waals surface area contributed by atoms with Gasteiger partial charge < -0.3 is 20.5 Å². The van der Waals surface area contributed by atoms with Gasteiger partial charge in [0.1, 0.15) is 29.1 Å². The molecule has 0 spiro atoms. The molecule has 170 valence electrons. The van der Waals surface area contributed by atoms with Crippen molar-refractivity contribution in [2.24, 2.45) is 0 Å². The minimum atomic E-state index is -0.160. The minimum absolute atomic E-state index is 0.0653. The number of anilines is 1. The maximum absolute atomic E-state index is 13.6. The Bertz CT molecular complexity index is 1350. The van der Waals surface area contributed by atoms with E-state index in [1.807, 2.05) is 49.4 Å². The van der Waals surface area contributed by atoms with E-state index in [0.29, 0.717) is 28.4 Å². The number of nitrogens with zero attached hydrogens (tertiary/aromatic N) is 4. The zero-order valence-corrected chi connectivity index (χ0v) is 18.6. The first-order valence-corrected chi connectivity index (χ1v) is 10.9. The Morgan fingerprint density at radius 3 is 2.48 bits per heavy atom. The molecule has 0 amide bonds. The Balaban J connectivity index is 1.57. The molecule has 0 aliphatic carbocycles. The quantitative estimate of drug-likeness (QED) is 0.484. The lowest BCUT2D eigenvalue weighted by molar-refractivity contribution is 0.366. The van der Waals surface area contributed by atoms with E-state index in [4.69, 9.17) is 15.2 Å². The number of nitrogens with one attached hydrogen (secondary N) is 1. The summed E-state index contributed by atoms with van der Waals surface area (Å²) in [4.78, 5) is 22.2. The summed E-state index contributed by atoms with van der Waals surface area (Å²) < 4.78 is 14.6. The average molecular weight is 447 g/mol. The van der Waals surface area contributed by atoms with Crippen LogP contribution in [0.15, 0.2) is 53.6 Å². The fourth-order valence-electron chi connectivity index (χ4n) is 4.36. The van der Waals surface area contributed by atoms with Crippen molar-refractivity contribution in [1.82, 2.24) is 24.4 Å². The number of nitrogen functional groups attached to an aromatic ring is 1. The Hall–Kier alpha value is -3.85. The van der Waals surface area contributed by atoms with Gasteiger partial charge in [0, 0.05) is 6.04 Å². The van der Waals surface area contributed by atoms with E-state index in [-0.39, 0.29) is 17.5 Å². The number of aryl methyl sites for hydroxylation is 1. The molecule has 3 N–H and O–H groups in total. The predicted molar refractivity (Wildman–Crippen MR) is 126 cm³/mol. The van der Waals surface area contributed by atoms with Crippen LogP contribution in [0.3, 0.4) is 0 Å². The van der Waals surface area contributed by atoms with E-state index < -0.39 is 0 Å².